The van der Waals surface area contributed by atoms with Gasteiger partial charge in [-0.15, -0.1) is 11.8 Å². The standard InChI is InChI=1S/C25H34N2O4S/c1-5-15-26-25(29)23(6-2)27(16-19-7-11-21(30-3)12-8-19)24(28)18-32-17-20-9-13-22(31-4)14-10-20/h7-14,23H,5-6,15-18H2,1-4H3,(H,26,29)/t23-/m0/s1. The molecule has 1 N–H and O–H groups in total. The molecule has 2 aromatic rings. The molecule has 32 heavy (non-hydrogen) atoms. The van der Waals surface area contributed by atoms with E-state index in [1.165, 1.54) is 0 Å². The van der Waals surface area contributed by atoms with E-state index < -0.39 is 6.04 Å². The van der Waals surface area contributed by atoms with Gasteiger partial charge in [-0.2, -0.15) is 0 Å². The van der Waals surface area contributed by atoms with Crippen LogP contribution in [0, 0.1) is 0 Å². The molecule has 0 saturated heterocycles. The number of hydrogen-bond acceptors (Lipinski definition) is 5. The minimum absolute atomic E-state index is 0.0437. The number of ether oxygens (including phenoxy) is 2. The lowest BCUT2D eigenvalue weighted by Gasteiger charge is -2.30. The first-order valence-corrected chi connectivity index (χ1v) is 12.1. The van der Waals surface area contributed by atoms with Gasteiger partial charge in [0, 0.05) is 18.8 Å². The number of amides is 2. The summed E-state index contributed by atoms with van der Waals surface area (Å²) in [5, 5.41) is 2.94. The maximum absolute atomic E-state index is 13.2. The van der Waals surface area contributed by atoms with E-state index in [1.54, 1.807) is 30.9 Å². The monoisotopic (exact) mass is 458 g/mol. The van der Waals surface area contributed by atoms with Gasteiger partial charge in [-0.3, -0.25) is 9.59 Å². The van der Waals surface area contributed by atoms with Gasteiger partial charge in [-0.05, 0) is 48.2 Å². The van der Waals surface area contributed by atoms with E-state index in [4.69, 9.17) is 9.47 Å². The molecule has 0 unspecified atom stereocenters. The number of carbonyl (C=O) groups is 2. The summed E-state index contributed by atoms with van der Waals surface area (Å²) in [5.41, 5.74) is 2.08. The van der Waals surface area contributed by atoms with E-state index >= 15 is 0 Å². The van der Waals surface area contributed by atoms with Gasteiger partial charge < -0.3 is 19.7 Å². The van der Waals surface area contributed by atoms with Crippen molar-refractivity contribution >= 4 is 23.6 Å². The van der Waals surface area contributed by atoms with Crippen LogP contribution in [0.25, 0.3) is 0 Å². The minimum Gasteiger partial charge on any atom is -0.497 e. The van der Waals surface area contributed by atoms with Crippen molar-refractivity contribution in [2.75, 3.05) is 26.5 Å². The maximum atomic E-state index is 13.2. The fourth-order valence-corrected chi connectivity index (χ4v) is 4.14. The van der Waals surface area contributed by atoms with Crippen molar-refractivity contribution in [3.63, 3.8) is 0 Å². The summed E-state index contributed by atoms with van der Waals surface area (Å²) in [6.07, 6.45) is 1.41. The predicted octanol–water partition coefficient (Wildman–Crippen LogP) is 4.27. The number of methoxy groups -OCH3 is 2. The molecule has 6 nitrogen and oxygen atoms in total. The zero-order chi connectivity index (χ0) is 23.3. The normalized spacial score (nSPS) is 11.5. The zero-order valence-electron chi connectivity index (χ0n) is 19.4. The smallest absolute Gasteiger partial charge is 0.242 e. The highest BCUT2D eigenvalue weighted by Gasteiger charge is 2.28. The predicted molar refractivity (Wildman–Crippen MR) is 130 cm³/mol. The second-order valence-electron chi connectivity index (χ2n) is 7.43. The van der Waals surface area contributed by atoms with E-state index in [2.05, 4.69) is 5.32 Å². The summed E-state index contributed by atoms with van der Waals surface area (Å²) < 4.78 is 10.4. The summed E-state index contributed by atoms with van der Waals surface area (Å²) in [6, 6.07) is 14.9. The van der Waals surface area contributed by atoms with Crippen LogP contribution in [-0.2, 0) is 21.9 Å². The van der Waals surface area contributed by atoms with Crippen molar-refractivity contribution in [3.05, 3.63) is 59.7 Å². The Bertz CT molecular complexity index is 840. The third-order valence-corrected chi connectivity index (χ3v) is 6.09. The lowest BCUT2D eigenvalue weighted by atomic mass is 10.1. The number of thioether (sulfide) groups is 1. The molecule has 0 aliphatic rings. The first-order valence-electron chi connectivity index (χ1n) is 10.9. The molecule has 0 heterocycles. The number of nitrogens with one attached hydrogen (secondary N) is 1. The number of rotatable bonds is 13. The van der Waals surface area contributed by atoms with Crippen LogP contribution in [0.15, 0.2) is 48.5 Å². The van der Waals surface area contributed by atoms with Crippen LogP contribution in [0.4, 0.5) is 0 Å². The highest BCUT2D eigenvalue weighted by Crippen LogP contribution is 2.20. The van der Waals surface area contributed by atoms with Crippen LogP contribution in [0.2, 0.25) is 0 Å². The SMILES string of the molecule is CCCNC(=O)[C@H](CC)N(Cc1ccc(OC)cc1)C(=O)CSCc1ccc(OC)cc1. The fraction of sp³-hybridized carbons (Fsp3) is 0.440. The molecule has 7 heteroatoms. The maximum Gasteiger partial charge on any atom is 0.242 e. The van der Waals surface area contributed by atoms with E-state index in [0.717, 1.165) is 29.0 Å². The summed E-state index contributed by atoms with van der Waals surface area (Å²) in [5.74, 6) is 2.44. The lowest BCUT2D eigenvalue weighted by Crippen LogP contribution is -2.49. The molecule has 0 aromatic heterocycles. The Kier molecular flexibility index (Phi) is 10.9. The molecule has 2 rings (SSSR count). The van der Waals surface area contributed by atoms with E-state index in [9.17, 15) is 9.59 Å². The Morgan fingerprint density at radius 3 is 2.00 bits per heavy atom. The second-order valence-corrected chi connectivity index (χ2v) is 8.41. The molecule has 0 aliphatic heterocycles. The molecule has 0 radical (unpaired) electrons. The Hall–Kier alpha value is -2.67. The third-order valence-electron chi connectivity index (χ3n) is 5.10. The van der Waals surface area contributed by atoms with Crippen molar-refractivity contribution in [1.82, 2.24) is 10.2 Å². The molecule has 0 saturated carbocycles. The summed E-state index contributed by atoms with van der Waals surface area (Å²) >= 11 is 1.55. The van der Waals surface area contributed by atoms with Crippen molar-refractivity contribution in [2.24, 2.45) is 0 Å². The first kappa shape index (κ1) is 25.6. The fourth-order valence-electron chi connectivity index (χ4n) is 3.27. The first-order chi connectivity index (χ1) is 15.5. The number of nitrogens with zero attached hydrogens (tertiary/aromatic N) is 1. The Morgan fingerprint density at radius 1 is 0.938 bits per heavy atom. The summed E-state index contributed by atoms with van der Waals surface area (Å²) in [4.78, 5) is 27.7. The quantitative estimate of drug-likeness (QED) is 0.486. The van der Waals surface area contributed by atoms with Gasteiger partial charge in [0.05, 0.1) is 20.0 Å². The molecule has 0 spiro atoms. The van der Waals surface area contributed by atoms with E-state index in [0.29, 0.717) is 31.0 Å². The van der Waals surface area contributed by atoms with Crippen LogP contribution >= 0.6 is 11.8 Å². The van der Waals surface area contributed by atoms with Crippen LogP contribution in [0.3, 0.4) is 0 Å². The van der Waals surface area contributed by atoms with Crippen molar-refractivity contribution < 1.29 is 19.1 Å². The van der Waals surface area contributed by atoms with Crippen LogP contribution in [0.1, 0.15) is 37.8 Å². The second kappa shape index (κ2) is 13.7. The molecule has 0 aliphatic carbocycles. The topological polar surface area (TPSA) is 67.9 Å². The van der Waals surface area contributed by atoms with E-state index in [-0.39, 0.29) is 11.8 Å². The number of carbonyl (C=O) groups excluding carboxylic acids is 2. The van der Waals surface area contributed by atoms with Gasteiger partial charge in [0.15, 0.2) is 0 Å². The van der Waals surface area contributed by atoms with Crippen LogP contribution in [-0.4, -0.2) is 49.3 Å². The molecule has 2 amide bonds. The largest absolute Gasteiger partial charge is 0.497 e. The minimum atomic E-state index is -0.502. The lowest BCUT2D eigenvalue weighted by molar-refractivity contribution is -0.139. The molecular weight excluding hydrogens is 424 g/mol. The summed E-state index contributed by atoms with van der Waals surface area (Å²) in [7, 11) is 3.26. The summed E-state index contributed by atoms with van der Waals surface area (Å²) in [6.45, 7) is 4.93. The van der Waals surface area contributed by atoms with Gasteiger partial charge in [-0.1, -0.05) is 38.1 Å². The van der Waals surface area contributed by atoms with Crippen molar-refractivity contribution in [1.29, 1.82) is 0 Å². The van der Waals surface area contributed by atoms with Crippen molar-refractivity contribution in [2.45, 2.75) is 45.0 Å². The highest BCUT2D eigenvalue weighted by atomic mass is 32.2. The Labute approximate surface area is 195 Å². The average molecular weight is 459 g/mol. The molecule has 1 atom stereocenters. The number of benzene rings is 2. The molecule has 2 aromatic carbocycles. The zero-order valence-corrected chi connectivity index (χ0v) is 20.2. The Morgan fingerprint density at radius 2 is 1.50 bits per heavy atom. The van der Waals surface area contributed by atoms with Crippen LogP contribution in [0.5, 0.6) is 11.5 Å². The van der Waals surface area contributed by atoms with Gasteiger partial charge in [0.1, 0.15) is 17.5 Å². The number of hydrogen-bond donors (Lipinski definition) is 1. The molecule has 0 fully saturated rings. The van der Waals surface area contributed by atoms with Gasteiger partial charge in [0.2, 0.25) is 11.8 Å². The molecular formula is C25H34N2O4S. The Balaban J connectivity index is 2.09. The van der Waals surface area contributed by atoms with E-state index in [1.807, 2.05) is 62.4 Å². The van der Waals surface area contributed by atoms with Gasteiger partial charge >= 0.3 is 0 Å². The van der Waals surface area contributed by atoms with Gasteiger partial charge in [-0.25, -0.2) is 0 Å². The van der Waals surface area contributed by atoms with Gasteiger partial charge in [0.25, 0.3) is 0 Å². The average Bonchev–Trinajstić information content (AvgIpc) is 2.83. The third kappa shape index (κ3) is 7.79. The molecule has 0 bridgehead atoms. The van der Waals surface area contributed by atoms with Crippen LogP contribution < -0.4 is 14.8 Å². The van der Waals surface area contributed by atoms with Crippen molar-refractivity contribution in [3.8, 4) is 11.5 Å². The highest BCUT2D eigenvalue weighted by molar-refractivity contribution is 7.99. The molecule has 174 valence electrons.